The predicted octanol–water partition coefficient (Wildman–Crippen LogP) is 6.63. The summed E-state index contributed by atoms with van der Waals surface area (Å²) in [6, 6.07) is 14.0. The fourth-order valence-electron chi connectivity index (χ4n) is 3.01. The number of thiophene rings is 1. The molecule has 0 bridgehead atoms. The number of fused-ring (bicyclic) bond motifs is 2. The lowest BCUT2D eigenvalue weighted by atomic mass is 10.1. The Balaban J connectivity index is 1.46. The zero-order valence-electron chi connectivity index (χ0n) is 15.6. The van der Waals surface area contributed by atoms with E-state index in [0.29, 0.717) is 15.0 Å². The Morgan fingerprint density at radius 3 is 2.79 bits per heavy atom. The van der Waals surface area contributed by atoms with Gasteiger partial charge in [0.15, 0.2) is 10.2 Å². The van der Waals surface area contributed by atoms with Gasteiger partial charge in [0.25, 0.3) is 5.91 Å². The maximum Gasteiger partial charge on any atom is 0.269 e. The summed E-state index contributed by atoms with van der Waals surface area (Å²) in [6.07, 6.45) is 3.41. The largest absolute Gasteiger partial charge is 0.308 e. The van der Waals surface area contributed by atoms with Gasteiger partial charge < -0.3 is 5.32 Å². The molecular weight excluding hydrogens is 442 g/mol. The molecule has 0 aliphatic carbocycles. The monoisotopic (exact) mass is 459 g/mol. The van der Waals surface area contributed by atoms with Crippen LogP contribution >= 0.6 is 46.5 Å². The molecule has 0 saturated heterocycles. The Bertz CT molecular complexity index is 1210. The number of nitrogens with zero attached hydrogens (tertiary/aromatic N) is 1. The highest BCUT2D eigenvalue weighted by molar-refractivity contribution is 7.80. The molecule has 0 saturated carbocycles. The highest BCUT2D eigenvalue weighted by atomic mass is 35.5. The normalized spacial score (nSPS) is 11.1. The standard InChI is InChI=1S/C21H18ClN3OS3/c1-2-3-6-12-9-10-14-16(11-12)29-21(23-14)25-20(27)24-19(26)18-17(22)13-7-4-5-8-15(13)28-18/h4-5,7-11H,2-3,6H2,1H3,(H2,23,24,25,26,27). The maximum atomic E-state index is 12.6. The number of nitrogens with one attached hydrogen (secondary N) is 2. The van der Waals surface area contributed by atoms with Crippen molar-refractivity contribution >= 4 is 82.9 Å². The number of aryl methyl sites for hydroxylation is 1. The second-order valence-electron chi connectivity index (χ2n) is 6.57. The lowest BCUT2D eigenvalue weighted by molar-refractivity contribution is 0.0982. The number of carbonyl (C=O) groups is 1. The van der Waals surface area contributed by atoms with E-state index in [2.05, 4.69) is 34.7 Å². The van der Waals surface area contributed by atoms with Crippen LogP contribution in [0.25, 0.3) is 20.3 Å². The van der Waals surface area contributed by atoms with E-state index in [-0.39, 0.29) is 11.0 Å². The third kappa shape index (κ3) is 4.43. The molecule has 0 unspecified atom stereocenters. The van der Waals surface area contributed by atoms with Crippen molar-refractivity contribution < 1.29 is 4.79 Å². The van der Waals surface area contributed by atoms with Crippen LogP contribution < -0.4 is 10.6 Å². The number of hydrogen-bond acceptors (Lipinski definition) is 5. The molecule has 0 atom stereocenters. The molecule has 0 fully saturated rings. The summed E-state index contributed by atoms with van der Waals surface area (Å²) in [5.41, 5.74) is 2.23. The molecule has 2 aromatic carbocycles. The molecule has 1 amide bonds. The highest BCUT2D eigenvalue weighted by Gasteiger charge is 2.18. The van der Waals surface area contributed by atoms with Crippen LogP contribution in [0.4, 0.5) is 5.13 Å². The molecule has 2 heterocycles. The molecule has 0 radical (unpaired) electrons. The molecule has 4 aromatic rings. The summed E-state index contributed by atoms with van der Waals surface area (Å²) < 4.78 is 2.06. The molecular formula is C21H18ClN3OS3. The van der Waals surface area contributed by atoms with Crippen molar-refractivity contribution in [2.24, 2.45) is 0 Å². The van der Waals surface area contributed by atoms with Crippen molar-refractivity contribution in [2.45, 2.75) is 26.2 Å². The smallest absolute Gasteiger partial charge is 0.269 e. The molecule has 0 spiro atoms. The Labute approximate surface area is 186 Å². The lowest BCUT2D eigenvalue weighted by Gasteiger charge is -2.06. The van der Waals surface area contributed by atoms with Crippen LogP contribution in [0, 0.1) is 0 Å². The minimum absolute atomic E-state index is 0.203. The number of thiazole rings is 1. The number of carbonyl (C=O) groups excluding carboxylic acids is 1. The number of benzene rings is 2. The summed E-state index contributed by atoms with van der Waals surface area (Å²) in [5, 5.41) is 7.89. The van der Waals surface area contributed by atoms with Gasteiger partial charge in [0, 0.05) is 10.1 Å². The summed E-state index contributed by atoms with van der Waals surface area (Å²) in [4.78, 5) is 17.6. The Kier molecular flexibility index (Phi) is 6.10. The van der Waals surface area contributed by atoms with Crippen LogP contribution in [-0.2, 0) is 6.42 Å². The van der Waals surface area contributed by atoms with E-state index < -0.39 is 0 Å². The number of unbranched alkanes of at least 4 members (excludes halogenated alkanes) is 1. The SMILES string of the molecule is CCCCc1ccc2nc(NC(=S)NC(=O)c3sc4ccccc4c3Cl)sc2c1. The van der Waals surface area contributed by atoms with Gasteiger partial charge in [-0.15, -0.1) is 11.3 Å². The van der Waals surface area contributed by atoms with Crippen molar-refractivity contribution in [1.82, 2.24) is 10.3 Å². The first-order chi connectivity index (χ1) is 14.0. The van der Waals surface area contributed by atoms with Gasteiger partial charge >= 0.3 is 0 Å². The van der Waals surface area contributed by atoms with Gasteiger partial charge in [0.2, 0.25) is 0 Å². The second-order valence-corrected chi connectivity index (χ2v) is 9.44. The predicted molar refractivity (Wildman–Crippen MR) is 129 cm³/mol. The van der Waals surface area contributed by atoms with E-state index in [1.807, 2.05) is 30.3 Å². The first kappa shape index (κ1) is 20.2. The molecule has 2 aromatic heterocycles. The van der Waals surface area contributed by atoms with Crippen molar-refractivity contribution in [1.29, 1.82) is 0 Å². The number of rotatable bonds is 5. The zero-order chi connectivity index (χ0) is 20.4. The Hall–Kier alpha value is -2.06. The molecule has 148 valence electrons. The van der Waals surface area contributed by atoms with Crippen LogP contribution in [0.15, 0.2) is 42.5 Å². The van der Waals surface area contributed by atoms with Gasteiger partial charge in [0.1, 0.15) is 4.88 Å². The summed E-state index contributed by atoms with van der Waals surface area (Å²) in [5.74, 6) is -0.323. The van der Waals surface area contributed by atoms with E-state index >= 15 is 0 Å². The molecule has 4 nitrogen and oxygen atoms in total. The topological polar surface area (TPSA) is 54.0 Å². The van der Waals surface area contributed by atoms with E-state index in [1.54, 1.807) is 0 Å². The lowest BCUT2D eigenvalue weighted by Crippen LogP contribution is -2.33. The van der Waals surface area contributed by atoms with Crippen molar-refractivity contribution in [2.75, 3.05) is 5.32 Å². The van der Waals surface area contributed by atoms with Crippen molar-refractivity contribution in [3.8, 4) is 0 Å². The number of amides is 1. The Morgan fingerprint density at radius 2 is 2.00 bits per heavy atom. The zero-order valence-corrected chi connectivity index (χ0v) is 18.8. The van der Waals surface area contributed by atoms with Crippen molar-refractivity contribution in [3.05, 3.63) is 57.9 Å². The first-order valence-corrected chi connectivity index (χ1v) is 11.7. The quantitative estimate of drug-likeness (QED) is 0.329. The minimum atomic E-state index is -0.323. The number of hydrogen-bond donors (Lipinski definition) is 2. The highest BCUT2D eigenvalue weighted by Crippen LogP contribution is 2.35. The molecule has 0 aliphatic rings. The number of halogens is 1. The molecule has 8 heteroatoms. The fourth-order valence-corrected chi connectivity index (χ4v) is 5.61. The number of thiocarbonyl (C=S) groups is 1. The van der Waals surface area contributed by atoms with Gasteiger partial charge in [-0.2, -0.15) is 0 Å². The molecule has 0 aliphatic heterocycles. The van der Waals surface area contributed by atoms with Crippen LogP contribution in [0.1, 0.15) is 35.0 Å². The third-order valence-corrected chi connectivity index (χ3v) is 7.27. The first-order valence-electron chi connectivity index (χ1n) is 9.24. The van der Waals surface area contributed by atoms with Crippen LogP contribution in [0.3, 0.4) is 0 Å². The van der Waals surface area contributed by atoms with Crippen LogP contribution in [0.2, 0.25) is 5.02 Å². The summed E-state index contributed by atoms with van der Waals surface area (Å²) in [7, 11) is 0. The molecule has 29 heavy (non-hydrogen) atoms. The second kappa shape index (κ2) is 8.75. The summed E-state index contributed by atoms with van der Waals surface area (Å²) >= 11 is 14.6. The van der Waals surface area contributed by atoms with Crippen LogP contribution in [0.5, 0.6) is 0 Å². The average molecular weight is 460 g/mol. The number of aromatic nitrogens is 1. The average Bonchev–Trinajstić information content (AvgIpc) is 3.26. The maximum absolute atomic E-state index is 12.6. The van der Waals surface area contributed by atoms with E-state index in [1.165, 1.54) is 41.1 Å². The van der Waals surface area contributed by atoms with Gasteiger partial charge in [-0.3, -0.25) is 10.1 Å². The number of anilines is 1. The van der Waals surface area contributed by atoms with Gasteiger partial charge in [-0.1, -0.05) is 60.5 Å². The minimum Gasteiger partial charge on any atom is -0.308 e. The van der Waals surface area contributed by atoms with Crippen molar-refractivity contribution in [3.63, 3.8) is 0 Å². The van der Waals surface area contributed by atoms with Gasteiger partial charge in [0.05, 0.1) is 15.2 Å². The molecule has 4 rings (SSSR count). The van der Waals surface area contributed by atoms with E-state index in [0.717, 1.165) is 26.7 Å². The van der Waals surface area contributed by atoms with Gasteiger partial charge in [-0.05, 0) is 48.8 Å². The third-order valence-electron chi connectivity index (χ3n) is 4.46. The van der Waals surface area contributed by atoms with E-state index in [4.69, 9.17) is 23.8 Å². The van der Waals surface area contributed by atoms with Crippen LogP contribution in [-0.4, -0.2) is 16.0 Å². The summed E-state index contributed by atoms with van der Waals surface area (Å²) in [6.45, 7) is 2.19. The Morgan fingerprint density at radius 1 is 1.17 bits per heavy atom. The van der Waals surface area contributed by atoms with Gasteiger partial charge in [-0.25, -0.2) is 4.98 Å². The fraction of sp³-hybridized carbons (Fsp3) is 0.190. The molecule has 2 N–H and O–H groups in total. The van der Waals surface area contributed by atoms with E-state index in [9.17, 15) is 4.79 Å².